The highest BCUT2D eigenvalue weighted by Gasteiger charge is 2.23. The minimum absolute atomic E-state index is 0.172. The fraction of sp³-hybridized carbons (Fsp3) is 0.529. The van der Waals surface area contributed by atoms with Crippen LogP contribution in [0.4, 0.5) is 10.7 Å². The van der Waals surface area contributed by atoms with Gasteiger partial charge in [0, 0.05) is 32.7 Å². The molecule has 2 aliphatic heterocycles. The molecule has 1 amide bonds. The van der Waals surface area contributed by atoms with Gasteiger partial charge in [-0.25, -0.2) is 9.78 Å². The maximum absolute atomic E-state index is 11.5. The Labute approximate surface area is 141 Å². The molecule has 3 heterocycles. The van der Waals surface area contributed by atoms with E-state index in [2.05, 4.69) is 20.9 Å². The van der Waals surface area contributed by atoms with Gasteiger partial charge in [0.05, 0.1) is 17.6 Å². The second kappa shape index (κ2) is 6.68. The second-order valence-electron chi connectivity index (χ2n) is 6.36. The molecule has 1 aromatic heterocycles. The van der Waals surface area contributed by atoms with Crippen molar-refractivity contribution in [2.45, 2.75) is 6.42 Å². The number of H-pyrrole nitrogens is 1. The van der Waals surface area contributed by atoms with Gasteiger partial charge < -0.3 is 19.5 Å². The first-order valence-electron chi connectivity index (χ1n) is 8.63. The van der Waals surface area contributed by atoms with Crippen LogP contribution in [0.2, 0.25) is 0 Å². The normalized spacial score (nSPS) is 19.8. The average molecular weight is 329 g/mol. The first-order chi connectivity index (χ1) is 11.8. The summed E-state index contributed by atoms with van der Waals surface area (Å²) in [7, 11) is 0. The summed E-state index contributed by atoms with van der Waals surface area (Å²) in [5.74, 6) is 0.959. The Bertz CT molecular complexity index is 683. The van der Waals surface area contributed by atoms with E-state index in [-0.39, 0.29) is 6.09 Å². The van der Waals surface area contributed by atoms with Crippen molar-refractivity contribution in [3.05, 3.63) is 24.3 Å². The van der Waals surface area contributed by atoms with E-state index in [9.17, 15) is 4.79 Å². The SMILES string of the molecule is O=C1OCCN1CCN1CCCN(c2nc3ccccc3[nH]2)CC1. The summed E-state index contributed by atoms with van der Waals surface area (Å²) < 4.78 is 4.98. The first kappa shape index (κ1) is 15.3. The van der Waals surface area contributed by atoms with Gasteiger partial charge in [-0.2, -0.15) is 0 Å². The van der Waals surface area contributed by atoms with Gasteiger partial charge in [0.15, 0.2) is 0 Å². The van der Waals surface area contributed by atoms with E-state index < -0.39 is 0 Å². The van der Waals surface area contributed by atoms with Gasteiger partial charge in [-0.15, -0.1) is 0 Å². The maximum Gasteiger partial charge on any atom is 0.409 e. The molecule has 0 saturated carbocycles. The van der Waals surface area contributed by atoms with Crippen molar-refractivity contribution in [2.75, 3.05) is 57.3 Å². The van der Waals surface area contributed by atoms with E-state index in [0.29, 0.717) is 6.61 Å². The quantitative estimate of drug-likeness (QED) is 0.921. The number of aromatic amines is 1. The molecule has 0 aliphatic carbocycles. The summed E-state index contributed by atoms with van der Waals surface area (Å²) in [4.78, 5) is 26.2. The summed E-state index contributed by atoms with van der Waals surface area (Å²) in [5, 5.41) is 0. The third-order valence-corrected chi connectivity index (χ3v) is 4.80. The average Bonchev–Trinajstić information content (AvgIpc) is 3.13. The number of rotatable bonds is 4. The molecule has 4 rings (SSSR count). The van der Waals surface area contributed by atoms with E-state index >= 15 is 0 Å². The van der Waals surface area contributed by atoms with Crippen LogP contribution < -0.4 is 4.90 Å². The molecule has 2 aromatic rings. The van der Waals surface area contributed by atoms with Crippen LogP contribution in [0.5, 0.6) is 0 Å². The van der Waals surface area contributed by atoms with Crippen LogP contribution in [0.1, 0.15) is 6.42 Å². The number of hydrogen-bond donors (Lipinski definition) is 1. The van der Waals surface area contributed by atoms with Crippen molar-refractivity contribution in [1.82, 2.24) is 19.8 Å². The molecule has 0 spiro atoms. The number of benzene rings is 1. The Hall–Kier alpha value is -2.28. The molecular weight excluding hydrogens is 306 g/mol. The van der Waals surface area contributed by atoms with Gasteiger partial charge in [-0.05, 0) is 25.1 Å². The van der Waals surface area contributed by atoms with Crippen LogP contribution in [0.15, 0.2) is 24.3 Å². The van der Waals surface area contributed by atoms with Crippen molar-refractivity contribution >= 4 is 23.1 Å². The molecular formula is C17H23N5O2. The lowest BCUT2D eigenvalue weighted by atomic mass is 10.3. The van der Waals surface area contributed by atoms with Crippen LogP contribution >= 0.6 is 0 Å². The van der Waals surface area contributed by atoms with Gasteiger partial charge in [0.25, 0.3) is 0 Å². The summed E-state index contributed by atoms with van der Waals surface area (Å²) >= 11 is 0. The molecule has 0 unspecified atom stereocenters. The predicted molar refractivity (Wildman–Crippen MR) is 92.3 cm³/mol. The molecule has 2 fully saturated rings. The van der Waals surface area contributed by atoms with E-state index in [1.165, 1.54) is 0 Å². The molecule has 0 atom stereocenters. The Balaban J connectivity index is 1.34. The number of para-hydroxylation sites is 2. The lowest BCUT2D eigenvalue weighted by molar-refractivity contribution is 0.154. The lowest BCUT2D eigenvalue weighted by Crippen LogP contribution is -2.37. The third kappa shape index (κ3) is 3.17. The minimum atomic E-state index is -0.172. The van der Waals surface area contributed by atoms with E-state index in [1.807, 2.05) is 18.2 Å². The highest BCUT2D eigenvalue weighted by Crippen LogP contribution is 2.18. The highest BCUT2D eigenvalue weighted by molar-refractivity contribution is 5.77. The number of ether oxygens (including phenoxy) is 1. The summed E-state index contributed by atoms with van der Waals surface area (Å²) in [6.45, 7) is 6.90. The number of fused-ring (bicyclic) bond motifs is 1. The molecule has 2 saturated heterocycles. The topological polar surface area (TPSA) is 64.7 Å². The van der Waals surface area contributed by atoms with E-state index in [1.54, 1.807) is 4.90 Å². The fourth-order valence-corrected chi connectivity index (χ4v) is 3.39. The van der Waals surface area contributed by atoms with Gasteiger partial charge in [0.2, 0.25) is 5.95 Å². The fourth-order valence-electron chi connectivity index (χ4n) is 3.39. The van der Waals surface area contributed by atoms with Crippen LogP contribution in [-0.4, -0.2) is 78.3 Å². The number of hydrogen-bond acceptors (Lipinski definition) is 5. The van der Waals surface area contributed by atoms with Crippen molar-refractivity contribution in [1.29, 1.82) is 0 Å². The lowest BCUT2D eigenvalue weighted by Gasteiger charge is -2.23. The Kier molecular flexibility index (Phi) is 4.25. The van der Waals surface area contributed by atoms with Gasteiger partial charge >= 0.3 is 6.09 Å². The Morgan fingerprint density at radius 2 is 2.00 bits per heavy atom. The third-order valence-electron chi connectivity index (χ3n) is 4.80. The smallest absolute Gasteiger partial charge is 0.409 e. The standard InChI is InChI=1S/C17H23N5O2/c23-17-22(12-13-24-17)11-9-20-6-3-7-21(10-8-20)16-18-14-4-1-2-5-15(14)19-16/h1-2,4-5H,3,6-13H2,(H,18,19). The van der Waals surface area contributed by atoms with Crippen LogP contribution in [0.3, 0.4) is 0 Å². The summed E-state index contributed by atoms with van der Waals surface area (Å²) in [5.41, 5.74) is 2.10. The number of anilines is 1. The zero-order valence-electron chi connectivity index (χ0n) is 13.8. The van der Waals surface area contributed by atoms with Gasteiger partial charge in [0.1, 0.15) is 6.61 Å². The second-order valence-corrected chi connectivity index (χ2v) is 6.36. The zero-order chi connectivity index (χ0) is 16.4. The molecule has 0 bridgehead atoms. The number of nitrogens with zero attached hydrogens (tertiary/aromatic N) is 4. The molecule has 0 radical (unpaired) electrons. The summed E-state index contributed by atoms with van der Waals surface area (Å²) in [6.07, 6.45) is 0.926. The number of amides is 1. The van der Waals surface area contributed by atoms with E-state index in [4.69, 9.17) is 9.72 Å². The maximum atomic E-state index is 11.5. The monoisotopic (exact) mass is 329 g/mol. The van der Waals surface area contributed by atoms with Gasteiger partial charge in [-0.3, -0.25) is 4.90 Å². The number of aromatic nitrogens is 2. The van der Waals surface area contributed by atoms with Crippen LogP contribution in [0, 0.1) is 0 Å². The van der Waals surface area contributed by atoms with Crippen LogP contribution in [0.25, 0.3) is 11.0 Å². The highest BCUT2D eigenvalue weighted by atomic mass is 16.6. The Morgan fingerprint density at radius 1 is 1.08 bits per heavy atom. The van der Waals surface area contributed by atoms with Crippen LogP contribution in [-0.2, 0) is 4.74 Å². The number of carbonyl (C=O) groups excluding carboxylic acids is 1. The van der Waals surface area contributed by atoms with Gasteiger partial charge in [-0.1, -0.05) is 12.1 Å². The number of imidazole rings is 1. The van der Waals surface area contributed by atoms with Crippen molar-refractivity contribution in [3.8, 4) is 0 Å². The largest absolute Gasteiger partial charge is 0.448 e. The Morgan fingerprint density at radius 3 is 2.83 bits per heavy atom. The molecule has 2 aliphatic rings. The summed E-state index contributed by atoms with van der Waals surface area (Å²) in [6, 6.07) is 8.14. The number of cyclic esters (lactones) is 1. The first-order valence-corrected chi connectivity index (χ1v) is 8.63. The van der Waals surface area contributed by atoms with E-state index in [0.717, 1.165) is 69.2 Å². The molecule has 1 N–H and O–H groups in total. The molecule has 128 valence electrons. The molecule has 1 aromatic carbocycles. The predicted octanol–water partition coefficient (Wildman–Crippen LogP) is 1.53. The molecule has 7 heteroatoms. The zero-order valence-corrected chi connectivity index (χ0v) is 13.8. The minimum Gasteiger partial charge on any atom is -0.448 e. The van der Waals surface area contributed by atoms with Crippen molar-refractivity contribution < 1.29 is 9.53 Å². The molecule has 24 heavy (non-hydrogen) atoms. The number of carbonyl (C=O) groups is 1. The van der Waals surface area contributed by atoms with Crippen molar-refractivity contribution in [3.63, 3.8) is 0 Å². The number of nitrogens with one attached hydrogen (secondary N) is 1. The molecule has 7 nitrogen and oxygen atoms in total. The van der Waals surface area contributed by atoms with Crippen molar-refractivity contribution in [2.24, 2.45) is 0 Å².